The van der Waals surface area contributed by atoms with Crippen molar-refractivity contribution in [1.82, 2.24) is 0 Å². The summed E-state index contributed by atoms with van der Waals surface area (Å²) in [5.41, 5.74) is 2.65. The fourth-order valence-electron chi connectivity index (χ4n) is 2.13. The van der Waals surface area contributed by atoms with Gasteiger partial charge >= 0.3 is 5.97 Å². The second kappa shape index (κ2) is 9.36. The first-order valence-electron chi connectivity index (χ1n) is 7.69. The Balaban J connectivity index is 1.65. The van der Waals surface area contributed by atoms with Crippen molar-refractivity contribution < 1.29 is 14.3 Å². The molecule has 3 nitrogen and oxygen atoms in total. The molecule has 118 valence electrons. The lowest BCUT2D eigenvalue weighted by Gasteiger charge is -2.04. The van der Waals surface area contributed by atoms with E-state index in [1.165, 1.54) is 0 Å². The van der Waals surface area contributed by atoms with Crippen LogP contribution in [0, 0.1) is 0 Å². The molecule has 23 heavy (non-hydrogen) atoms. The van der Waals surface area contributed by atoms with Gasteiger partial charge in [0.05, 0.1) is 0 Å². The Kier molecular flexibility index (Phi) is 6.79. The first-order valence-corrected chi connectivity index (χ1v) is 7.69. The highest BCUT2D eigenvalue weighted by Gasteiger charge is 2.02. The van der Waals surface area contributed by atoms with Crippen LogP contribution in [0.5, 0.6) is 0 Å². The minimum absolute atomic E-state index is 0.176. The molecule has 0 saturated heterocycles. The van der Waals surface area contributed by atoms with Gasteiger partial charge in [-0.1, -0.05) is 60.7 Å². The molecule has 0 atom stereocenters. The van der Waals surface area contributed by atoms with Gasteiger partial charge in [0.15, 0.2) is 0 Å². The number of esters is 1. The summed E-state index contributed by atoms with van der Waals surface area (Å²) in [4.78, 5) is 22.3. The Bertz CT molecular complexity index is 660. The Morgan fingerprint density at radius 2 is 1.78 bits per heavy atom. The van der Waals surface area contributed by atoms with Gasteiger partial charge in [0, 0.05) is 12.0 Å². The van der Waals surface area contributed by atoms with Gasteiger partial charge in [-0.15, -0.1) is 0 Å². The first-order chi connectivity index (χ1) is 11.3. The summed E-state index contributed by atoms with van der Waals surface area (Å²) >= 11 is 0. The Labute approximate surface area is 136 Å². The zero-order chi connectivity index (χ0) is 16.3. The normalized spacial score (nSPS) is 10.6. The lowest BCUT2D eigenvalue weighted by Crippen LogP contribution is -2.03. The van der Waals surface area contributed by atoms with Gasteiger partial charge < -0.3 is 4.74 Å². The molecule has 0 fully saturated rings. The van der Waals surface area contributed by atoms with Crippen LogP contribution in [0.2, 0.25) is 0 Å². The summed E-state index contributed by atoms with van der Waals surface area (Å²) in [6.07, 6.45) is 6.76. The molecule has 0 saturated carbocycles. The van der Waals surface area contributed by atoms with Crippen LogP contribution >= 0.6 is 0 Å². The molecule has 0 aliphatic carbocycles. The van der Waals surface area contributed by atoms with E-state index in [0.29, 0.717) is 18.6 Å². The maximum absolute atomic E-state index is 11.6. The summed E-state index contributed by atoms with van der Waals surface area (Å²) in [6.45, 7) is 0.327. The summed E-state index contributed by atoms with van der Waals surface area (Å²) in [7, 11) is 0. The van der Waals surface area contributed by atoms with Crippen LogP contribution in [-0.4, -0.2) is 12.3 Å². The van der Waals surface area contributed by atoms with E-state index in [9.17, 15) is 9.59 Å². The van der Waals surface area contributed by atoms with Crippen LogP contribution in [0.1, 0.15) is 40.7 Å². The maximum atomic E-state index is 11.6. The molecule has 0 aromatic heterocycles. The molecule has 0 heterocycles. The minimum atomic E-state index is -0.176. The van der Waals surface area contributed by atoms with Crippen molar-refractivity contribution in [3.63, 3.8) is 0 Å². The SMILES string of the molecule is O=Cc1cccc(/C=C\CCCC(=O)OCc2ccccc2)c1. The van der Waals surface area contributed by atoms with E-state index in [0.717, 1.165) is 30.3 Å². The highest BCUT2D eigenvalue weighted by Crippen LogP contribution is 2.08. The molecule has 0 radical (unpaired) electrons. The van der Waals surface area contributed by atoms with Crippen molar-refractivity contribution in [1.29, 1.82) is 0 Å². The van der Waals surface area contributed by atoms with Gasteiger partial charge in [0.2, 0.25) is 0 Å². The number of rotatable bonds is 8. The molecule has 0 bridgehead atoms. The zero-order valence-electron chi connectivity index (χ0n) is 13.0. The van der Waals surface area contributed by atoms with Crippen molar-refractivity contribution in [2.24, 2.45) is 0 Å². The number of hydrogen-bond donors (Lipinski definition) is 0. The Morgan fingerprint density at radius 1 is 1.00 bits per heavy atom. The number of ether oxygens (including phenoxy) is 1. The van der Waals surface area contributed by atoms with E-state index in [-0.39, 0.29) is 5.97 Å². The van der Waals surface area contributed by atoms with Crippen molar-refractivity contribution in [2.75, 3.05) is 0 Å². The van der Waals surface area contributed by atoms with Crippen LogP contribution in [-0.2, 0) is 16.1 Å². The molecule has 0 amide bonds. The highest BCUT2D eigenvalue weighted by molar-refractivity contribution is 5.76. The molecule has 0 N–H and O–H groups in total. The summed E-state index contributed by atoms with van der Waals surface area (Å²) < 4.78 is 5.22. The zero-order valence-corrected chi connectivity index (χ0v) is 13.0. The second-order valence-corrected chi connectivity index (χ2v) is 5.23. The van der Waals surface area contributed by atoms with Crippen LogP contribution in [0.25, 0.3) is 6.08 Å². The molecule has 3 heteroatoms. The van der Waals surface area contributed by atoms with Gasteiger partial charge in [-0.25, -0.2) is 0 Å². The van der Waals surface area contributed by atoms with Crippen LogP contribution in [0.4, 0.5) is 0 Å². The maximum Gasteiger partial charge on any atom is 0.306 e. The van der Waals surface area contributed by atoms with Crippen molar-refractivity contribution >= 4 is 18.3 Å². The first kappa shape index (κ1) is 16.7. The molecule has 0 aliphatic heterocycles. The number of benzene rings is 2. The topological polar surface area (TPSA) is 43.4 Å². The third-order valence-electron chi connectivity index (χ3n) is 3.35. The van der Waals surface area contributed by atoms with Gasteiger partial charge in [0.25, 0.3) is 0 Å². The van der Waals surface area contributed by atoms with E-state index in [2.05, 4.69) is 0 Å². The van der Waals surface area contributed by atoms with Gasteiger partial charge in [-0.2, -0.15) is 0 Å². The predicted octanol–water partition coefficient (Wildman–Crippen LogP) is 4.43. The van der Waals surface area contributed by atoms with E-state index < -0.39 is 0 Å². The Morgan fingerprint density at radius 3 is 2.57 bits per heavy atom. The number of hydrogen-bond acceptors (Lipinski definition) is 3. The average Bonchev–Trinajstić information content (AvgIpc) is 2.61. The number of carbonyl (C=O) groups is 2. The Hall–Kier alpha value is -2.68. The lowest BCUT2D eigenvalue weighted by atomic mass is 10.1. The average molecular weight is 308 g/mol. The summed E-state index contributed by atoms with van der Waals surface area (Å²) in [6, 6.07) is 17.0. The number of allylic oxidation sites excluding steroid dienone is 1. The number of unbranched alkanes of at least 4 members (excludes halogenated alkanes) is 1. The largest absolute Gasteiger partial charge is 0.461 e. The summed E-state index contributed by atoms with van der Waals surface area (Å²) in [5.74, 6) is -0.176. The molecule has 0 unspecified atom stereocenters. The molecule has 0 spiro atoms. The van der Waals surface area contributed by atoms with E-state index in [1.54, 1.807) is 6.07 Å². The third kappa shape index (κ3) is 6.30. The van der Waals surface area contributed by atoms with Gasteiger partial charge in [-0.3, -0.25) is 9.59 Å². The predicted molar refractivity (Wildman–Crippen MR) is 91.0 cm³/mol. The van der Waals surface area contributed by atoms with Crippen molar-refractivity contribution in [3.8, 4) is 0 Å². The van der Waals surface area contributed by atoms with Crippen LogP contribution < -0.4 is 0 Å². The number of carbonyl (C=O) groups excluding carboxylic acids is 2. The molecule has 2 aromatic rings. The monoisotopic (exact) mass is 308 g/mol. The standard InChI is InChI=1S/C20H20O3/c21-15-19-12-7-11-17(14-19)8-3-2-6-13-20(22)23-16-18-9-4-1-5-10-18/h1,3-5,7-12,14-15H,2,6,13,16H2/b8-3-. The van der Waals surface area contributed by atoms with Crippen molar-refractivity contribution in [2.45, 2.75) is 25.9 Å². The molecule has 0 aliphatic rings. The van der Waals surface area contributed by atoms with E-state index in [4.69, 9.17) is 4.74 Å². The van der Waals surface area contributed by atoms with E-state index >= 15 is 0 Å². The summed E-state index contributed by atoms with van der Waals surface area (Å²) in [5, 5.41) is 0. The van der Waals surface area contributed by atoms with Gasteiger partial charge in [-0.05, 0) is 30.0 Å². The molecular formula is C20H20O3. The lowest BCUT2D eigenvalue weighted by molar-refractivity contribution is -0.145. The molecule has 2 rings (SSSR count). The van der Waals surface area contributed by atoms with Gasteiger partial charge in [0.1, 0.15) is 12.9 Å². The van der Waals surface area contributed by atoms with Crippen LogP contribution in [0.3, 0.4) is 0 Å². The second-order valence-electron chi connectivity index (χ2n) is 5.23. The number of aldehydes is 1. The smallest absolute Gasteiger partial charge is 0.306 e. The fraction of sp³-hybridized carbons (Fsp3) is 0.200. The van der Waals surface area contributed by atoms with Crippen LogP contribution in [0.15, 0.2) is 60.7 Å². The highest BCUT2D eigenvalue weighted by atomic mass is 16.5. The van der Waals surface area contributed by atoms with Crippen molar-refractivity contribution in [3.05, 3.63) is 77.4 Å². The molecular weight excluding hydrogens is 288 g/mol. The third-order valence-corrected chi connectivity index (χ3v) is 3.35. The quantitative estimate of drug-likeness (QED) is 0.412. The van der Waals surface area contributed by atoms with E-state index in [1.807, 2.05) is 60.7 Å². The molecule has 2 aromatic carbocycles. The fourth-order valence-corrected chi connectivity index (χ4v) is 2.13. The minimum Gasteiger partial charge on any atom is -0.461 e.